The lowest BCUT2D eigenvalue weighted by molar-refractivity contribution is -0.00182. The van der Waals surface area contributed by atoms with E-state index in [2.05, 4.69) is 44.0 Å². The van der Waals surface area contributed by atoms with Gasteiger partial charge in [-0.15, -0.1) is 0 Å². The number of pyridine rings is 1. The Morgan fingerprint density at radius 2 is 1.85 bits per heavy atom. The zero-order valence-electron chi connectivity index (χ0n) is 12.8. The second kappa shape index (κ2) is 5.90. The van der Waals surface area contributed by atoms with Crippen LogP contribution in [0.3, 0.4) is 0 Å². The molecule has 0 aliphatic heterocycles. The van der Waals surface area contributed by atoms with Gasteiger partial charge in [-0.2, -0.15) is 0 Å². The number of hydrogen-bond donors (Lipinski definition) is 1. The minimum absolute atomic E-state index is 0.00997. The van der Waals surface area contributed by atoms with E-state index in [1.807, 2.05) is 18.2 Å². The minimum Gasteiger partial charge on any atom is -0.379 e. The van der Waals surface area contributed by atoms with Gasteiger partial charge >= 0.3 is 0 Å². The summed E-state index contributed by atoms with van der Waals surface area (Å²) < 4.78 is 5.58. The maximum Gasteiger partial charge on any atom is 0.0774 e. The number of aromatic nitrogens is 1. The minimum atomic E-state index is -0.0614. The highest BCUT2D eigenvalue weighted by Gasteiger charge is 2.30. The third kappa shape index (κ3) is 3.35. The molecule has 108 valence electrons. The van der Waals surface area contributed by atoms with E-state index in [0.717, 1.165) is 23.0 Å². The summed E-state index contributed by atoms with van der Waals surface area (Å²) in [7, 11) is 1.73. The zero-order valence-corrected chi connectivity index (χ0v) is 12.8. The Hall–Kier alpha value is -1.45. The molecule has 2 rings (SSSR count). The summed E-state index contributed by atoms with van der Waals surface area (Å²) in [5.74, 6) is 0. The fraction of sp³-hybridized carbons (Fsp3) is 0.471. The average molecular weight is 272 g/mol. The highest BCUT2D eigenvalue weighted by Crippen LogP contribution is 2.25. The van der Waals surface area contributed by atoms with Crippen LogP contribution in [0.25, 0.3) is 10.9 Å². The van der Waals surface area contributed by atoms with E-state index >= 15 is 0 Å². The maximum atomic E-state index is 6.33. The number of nitrogens with two attached hydrogens (primary N) is 1. The van der Waals surface area contributed by atoms with Gasteiger partial charge in [-0.25, -0.2) is 0 Å². The predicted molar refractivity (Wildman–Crippen MR) is 83.7 cm³/mol. The van der Waals surface area contributed by atoms with Crippen molar-refractivity contribution in [2.24, 2.45) is 11.1 Å². The number of ether oxygens (including phenoxy) is 1. The van der Waals surface area contributed by atoms with Crippen LogP contribution in [0.2, 0.25) is 0 Å². The van der Waals surface area contributed by atoms with Crippen molar-refractivity contribution in [1.29, 1.82) is 0 Å². The Bertz CT molecular complexity index is 574. The molecule has 1 heterocycles. The molecule has 2 unspecified atom stereocenters. The van der Waals surface area contributed by atoms with Crippen molar-refractivity contribution < 1.29 is 4.74 Å². The van der Waals surface area contributed by atoms with Crippen LogP contribution in [0, 0.1) is 5.41 Å². The normalized spacial score (nSPS) is 15.2. The average Bonchev–Trinajstić information content (AvgIpc) is 2.37. The van der Waals surface area contributed by atoms with Gasteiger partial charge in [0.05, 0.1) is 11.6 Å². The molecule has 2 N–H and O–H groups in total. The molecule has 0 aliphatic rings. The first-order chi connectivity index (χ1) is 9.41. The van der Waals surface area contributed by atoms with Crippen molar-refractivity contribution in [1.82, 2.24) is 4.98 Å². The molecule has 2 aromatic rings. The van der Waals surface area contributed by atoms with Gasteiger partial charge in [0.15, 0.2) is 0 Å². The second-order valence-corrected chi connectivity index (χ2v) is 6.39. The third-order valence-corrected chi connectivity index (χ3v) is 3.60. The van der Waals surface area contributed by atoms with Crippen LogP contribution in [0.1, 0.15) is 26.5 Å². The molecule has 0 bridgehead atoms. The summed E-state index contributed by atoms with van der Waals surface area (Å²) in [4.78, 5) is 4.68. The Morgan fingerprint density at radius 3 is 2.50 bits per heavy atom. The number of nitrogens with zero attached hydrogens (tertiary/aromatic N) is 1. The fourth-order valence-electron chi connectivity index (χ4n) is 2.74. The van der Waals surface area contributed by atoms with Gasteiger partial charge < -0.3 is 10.5 Å². The highest BCUT2D eigenvalue weighted by molar-refractivity contribution is 5.78. The van der Waals surface area contributed by atoms with Gasteiger partial charge in [-0.3, -0.25) is 4.98 Å². The molecule has 3 nitrogen and oxygen atoms in total. The van der Waals surface area contributed by atoms with Gasteiger partial charge in [0.1, 0.15) is 0 Å². The fourth-order valence-corrected chi connectivity index (χ4v) is 2.74. The lowest BCUT2D eigenvalue weighted by atomic mass is 9.83. The van der Waals surface area contributed by atoms with Gasteiger partial charge in [0.2, 0.25) is 0 Å². The molecule has 0 amide bonds. The summed E-state index contributed by atoms with van der Waals surface area (Å²) in [6, 6.07) is 12.2. The molecule has 3 heteroatoms. The van der Waals surface area contributed by atoms with Gasteiger partial charge in [0.25, 0.3) is 0 Å². The highest BCUT2D eigenvalue weighted by atomic mass is 16.5. The first-order valence-corrected chi connectivity index (χ1v) is 7.05. The third-order valence-electron chi connectivity index (χ3n) is 3.60. The number of methoxy groups -OCH3 is 1. The predicted octanol–water partition coefficient (Wildman–Crippen LogP) is 3.17. The SMILES string of the molecule is COC(C(N)Cc1ccc2ccccc2n1)C(C)(C)C. The van der Waals surface area contributed by atoms with E-state index < -0.39 is 0 Å². The number of para-hydroxylation sites is 1. The van der Waals surface area contributed by atoms with E-state index in [1.165, 1.54) is 0 Å². The summed E-state index contributed by atoms with van der Waals surface area (Å²) in [5.41, 5.74) is 8.38. The molecule has 1 aromatic heterocycles. The summed E-state index contributed by atoms with van der Waals surface area (Å²) in [5, 5.41) is 1.16. The van der Waals surface area contributed by atoms with Crippen LogP contribution in [0.4, 0.5) is 0 Å². The molecule has 0 saturated heterocycles. The zero-order chi connectivity index (χ0) is 14.8. The van der Waals surface area contributed by atoms with Crippen molar-refractivity contribution >= 4 is 10.9 Å². The summed E-state index contributed by atoms with van der Waals surface area (Å²) >= 11 is 0. The van der Waals surface area contributed by atoms with Crippen molar-refractivity contribution in [2.45, 2.75) is 39.3 Å². The molecule has 2 atom stereocenters. The van der Waals surface area contributed by atoms with E-state index in [0.29, 0.717) is 0 Å². The summed E-state index contributed by atoms with van der Waals surface area (Å²) in [6.45, 7) is 6.44. The van der Waals surface area contributed by atoms with Crippen LogP contribution in [-0.4, -0.2) is 24.2 Å². The first kappa shape index (κ1) is 14.9. The molecule has 0 radical (unpaired) electrons. The summed E-state index contributed by atoms with van der Waals surface area (Å²) in [6.07, 6.45) is 0.733. The van der Waals surface area contributed by atoms with E-state index in [-0.39, 0.29) is 17.6 Å². The quantitative estimate of drug-likeness (QED) is 0.930. The number of hydrogen-bond acceptors (Lipinski definition) is 3. The topological polar surface area (TPSA) is 48.1 Å². The van der Waals surface area contributed by atoms with Crippen molar-refractivity contribution in [2.75, 3.05) is 7.11 Å². The maximum absolute atomic E-state index is 6.33. The number of rotatable bonds is 4. The molecule has 0 fully saturated rings. The lowest BCUT2D eigenvalue weighted by Crippen LogP contribution is -2.46. The molecular formula is C17H24N2O. The lowest BCUT2D eigenvalue weighted by Gasteiger charge is -2.33. The Kier molecular flexibility index (Phi) is 4.41. The van der Waals surface area contributed by atoms with Gasteiger partial charge in [-0.1, -0.05) is 45.0 Å². The van der Waals surface area contributed by atoms with E-state index in [9.17, 15) is 0 Å². The van der Waals surface area contributed by atoms with Crippen LogP contribution >= 0.6 is 0 Å². The second-order valence-electron chi connectivity index (χ2n) is 6.39. The standard InChI is InChI=1S/C17H24N2O/c1-17(2,3)16(20-4)14(18)11-13-10-9-12-7-5-6-8-15(12)19-13/h5-10,14,16H,11,18H2,1-4H3. The van der Waals surface area contributed by atoms with Gasteiger partial charge in [0, 0.05) is 30.7 Å². The molecule has 20 heavy (non-hydrogen) atoms. The molecule has 0 aliphatic carbocycles. The largest absolute Gasteiger partial charge is 0.379 e. The Morgan fingerprint density at radius 1 is 1.15 bits per heavy atom. The van der Waals surface area contributed by atoms with Crippen molar-refractivity contribution in [3.8, 4) is 0 Å². The first-order valence-electron chi connectivity index (χ1n) is 7.05. The molecule has 1 aromatic carbocycles. The van der Waals surface area contributed by atoms with E-state index in [4.69, 9.17) is 10.5 Å². The van der Waals surface area contributed by atoms with E-state index in [1.54, 1.807) is 7.11 Å². The van der Waals surface area contributed by atoms with Crippen LogP contribution in [-0.2, 0) is 11.2 Å². The number of fused-ring (bicyclic) bond motifs is 1. The van der Waals surface area contributed by atoms with Crippen LogP contribution < -0.4 is 5.73 Å². The monoisotopic (exact) mass is 272 g/mol. The van der Waals surface area contributed by atoms with Crippen LogP contribution in [0.15, 0.2) is 36.4 Å². The molecular weight excluding hydrogens is 248 g/mol. The van der Waals surface area contributed by atoms with Gasteiger partial charge in [-0.05, 0) is 17.5 Å². The van der Waals surface area contributed by atoms with Crippen molar-refractivity contribution in [3.05, 3.63) is 42.1 Å². The molecule has 0 saturated carbocycles. The molecule has 0 spiro atoms. The Labute approximate surface area is 121 Å². The smallest absolute Gasteiger partial charge is 0.0774 e. The van der Waals surface area contributed by atoms with Crippen molar-refractivity contribution in [3.63, 3.8) is 0 Å². The Balaban J connectivity index is 2.18. The van der Waals surface area contributed by atoms with Crippen LogP contribution in [0.5, 0.6) is 0 Å². The number of benzene rings is 1.